The molecule has 4 aromatic rings. The molecule has 0 aliphatic rings. The molecule has 3 N–H and O–H groups in total. The van der Waals surface area contributed by atoms with E-state index in [0.717, 1.165) is 0 Å². The van der Waals surface area contributed by atoms with Gasteiger partial charge in [0.1, 0.15) is 11.3 Å². The number of rotatable bonds is 4. The SMILES string of the molecule is NC(=O)c1oc2ccccc2c1NC(=O)c1ccc(-c2noc(C(F)(F)F)n2)cc1. The van der Waals surface area contributed by atoms with Crippen molar-refractivity contribution >= 4 is 28.5 Å². The van der Waals surface area contributed by atoms with E-state index in [0.29, 0.717) is 11.0 Å². The number of hydrogen-bond donors (Lipinski definition) is 2. The van der Waals surface area contributed by atoms with Crippen LogP contribution in [0.4, 0.5) is 18.9 Å². The summed E-state index contributed by atoms with van der Waals surface area (Å²) in [4.78, 5) is 27.6. The van der Waals surface area contributed by atoms with Crippen molar-refractivity contribution in [3.05, 3.63) is 65.7 Å². The summed E-state index contributed by atoms with van der Waals surface area (Å²) in [6.07, 6.45) is -4.75. The van der Waals surface area contributed by atoms with Gasteiger partial charge in [-0.05, 0) is 24.3 Å². The first-order valence-electron chi connectivity index (χ1n) is 8.38. The lowest BCUT2D eigenvalue weighted by atomic mass is 10.1. The van der Waals surface area contributed by atoms with Gasteiger partial charge in [-0.25, -0.2) is 0 Å². The number of furan rings is 1. The first-order chi connectivity index (χ1) is 14.2. The molecule has 0 fully saturated rings. The predicted molar refractivity (Wildman–Crippen MR) is 97.4 cm³/mol. The molecule has 2 heterocycles. The lowest BCUT2D eigenvalue weighted by Crippen LogP contribution is -2.17. The number of carbonyl (C=O) groups excluding carboxylic acids is 2. The second-order valence-electron chi connectivity index (χ2n) is 6.12. The zero-order valence-electron chi connectivity index (χ0n) is 14.9. The maximum atomic E-state index is 12.6. The summed E-state index contributed by atoms with van der Waals surface area (Å²) in [5.41, 5.74) is 6.20. The molecular formula is C19H11F3N4O4. The zero-order valence-corrected chi connectivity index (χ0v) is 14.9. The monoisotopic (exact) mass is 416 g/mol. The standard InChI is InChI=1S/C19H11F3N4O4/c20-19(21,22)18-25-16(26-30-18)9-5-7-10(8-6-9)17(28)24-13-11-3-1-2-4-12(11)29-14(13)15(23)27/h1-8H,(H2,23,27)(H,24,28). The van der Waals surface area contributed by atoms with Crippen LogP contribution in [-0.2, 0) is 6.18 Å². The van der Waals surface area contributed by atoms with E-state index in [2.05, 4.69) is 20.0 Å². The molecule has 0 aliphatic carbocycles. The number of nitrogens with zero attached hydrogens (tertiary/aromatic N) is 2. The van der Waals surface area contributed by atoms with Crippen LogP contribution in [0.25, 0.3) is 22.4 Å². The van der Waals surface area contributed by atoms with E-state index in [1.54, 1.807) is 24.3 Å². The Morgan fingerprint density at radius 3 is 2.37 bits per heavy atom. The maximum absolute atomic E-state index is 12.6. The highest BCUT2D eigenvalue weighted by atomic mass is 19.4. The van der Waals surface area contributed by atoms with Gasteiger partial charge in [0, 0.05) is 16.5 Å². The Labute approximate surface area is 165 Å². The van der Waals surface area contributed by atoms with E-state index in [4.69, 9.17) is 10.2 Å². The van der Waals surface area contributed by atoms with Crippen LogP contribution in [0.15, 0.2) is 57.5 Å². The second kappa shape index (κ2) is 7.03. The summed E-state index contributed by atoms with van der Waals surface area (Å²) in [7, 11) is 0. The highest BCUT2D eigenvalue weighted by molar-refractivity contribution is 6.14. The number of aromatic nitrogens is 2. The molecule has 0 saturated carbocycles. The number of alkyl halides is 3. The van der Waals surface area contributed by atoms with Crippen LogP contribution in [0.1, 0.15) is 26.8 Å². The van der Waals surface area contributed by atoms with Gasteiger partial charge in [-0.15, -0.1) is 0 Å². The summed E-state index contributed by atoms with van der Waals surface area (Å²) in [6, 6.07) is 12.1. The van der Waals surface area contributed by atoms with Crippen LogP contribution < -0.4 is 11.1 Å². The molecule has 30 heavy (non-hydrogen) atoms. The number of carbonyl (C=O) groups is 2. The van der Waals surface area contributed by atoms with Gasteiger partial charge in [0.2, 0.25) is 11.6 Å². The number of fused-ring (bicyclic) bond motifs is 1. The van der Waals surface area contributed by atoms with Crippen molar-refractivity contribution in [3.8, 4) is 11.4 Å². The molecular weight excluding hydrogens is 405 g/mol. The Kier molecular flexibility index (Phi) is 4.49. The number of anilines is 1. The Morgan fingerprint density at radius 1 is 1.03 bits per heavy atom. The first kappa shape index (κ1) is 19.2. The van der Waals surface area contributed by atoms with Crippen LogP contribution in [0.2, 0.25) is 0 Å². The predicted octanol–water partition coefficient (Wildman–Crippen LogP) is 3.85. The lowest BCUT2D eigenvalue weighted by Gasteiger charge is -2.05. The van der Waals surface area contributed by atoms with Crippen molar-refractivity contribution in [3.63, 3.8) is 0 Å². The topological polar surface area (TPSA) is 124 Å². The molecule has 0 unspecified atom stereocenters. The van der Waals surface area contributed by atoms with Crippen molar-refractivity contribution < 1.29 is 31.7 Å². The smallest absolute Gasteiger partial charge is 0.449 e. The molecule has 0 saturated heterocycles. The fourth-order valence-electron chi connectivity index (χ4n) is 2.76. The Balaban J connectivity index is 1.60. The Morgan fingerprint density at radius 2 is 1.73 bits per heavy atom. The third-order valence-electron chi connectivity index (χ3n) is 4.13. The van der Waals surface area contributed by atoms with E-state index < -0.39 is 23.9 Å². The zero-order chi connectivity index (χ0) is 21.5. The van der Waals surface area contributed by atoms with E-state index in [1.165, 1.54) is 24.3 Å². The highest BCUT2D eigenvalue weighted by Crippen LogP contribution is 2.31. The van der Waals surface area contributed by atoms with Gasteiger partial charge >= 0.3 is 12.1 Å². The minimum Gasteiger partial charge on any atom is -0.449 e. The molecule has 0 bridgehead atoms. The average Bonchev–Trinajstić information content (AvgIpc) is 3.34. The first-order valence-corrected chi connectivity index (χ1v) is 8.38. The number of amides is 2. The lowest BCUT2D eigenvalue weighted by molar-refractivity contribution is -0.159. The second-order valence-corrected chi connectivity index (χ2v) is 6.12. The summed E-state index contributed by atoms with van der Waals surface area (Å²) in [5, 5.41) is 6.35. The number of halogens is 3. The molecule has 4 rings (SSSR count). The maximum Gasteiger partial charge on any atom is 0.471 e. The normalized spacial score (nSPS) is 11.6. The van der Waals surface area contributed by atoms with Crippen molar-refractivity contribution in [1.29, 1.82) is 0 Å². The number of primary amides is 1. The molecule has 2 aromatic heterocycles. The quantitative estimate of drug-likeness (QED) is 0.521. The summed E-state index contributed by atoms with van der Waals surface area (Å²) in [5.74, 6) is -3.38. The van der Waals surface area contributed by atoms with Gasteiger partial charge in [0.15, 0.2) is 0 Å². The van der Waals surface area contributed by atoms with Gasteiger partial charge in [-0.2, -0.15) is 18.2 Å². The van der Waals surface area contributed by atoms with Crippen LogP contribution in [0, 0.1) is 0 Å². The van der Waals surface area contributed by atoms with Crippen LogP contribution in [-0.4, -0.2) is 22.0 Å². The van der Waals surface area contributed by atoms with Gasteiger partial charge in [-0.3, -0.25) is 9.59 Å². The van der Waals surface area contributed by atoms with Gasteiger partial charge in [0.25, 0.3) is 11.8 Å². The third kappa shape index (κ3) is 3.48. The van der Waals surface area contributed by atoms with Gasteiger partial charge in [0.05, 0.1) is 0 Å². The number of hydrogen-bond acceptors (Lipinski definition) is 6. The van der Waals surface area contributed by atoms with E-state index in [-0.39, 0.29) is 28.4 Å². The summed E-state index contributed by atoms with van der Waals surface area (Å²) in [6.45, 7) is 0. The third-order valence-corrected chi connectivity index (χ3v) is 4.13. The fraction of sp³-hybridized carbons (Fsp3) is 0.0526. The van der Waals surface area contributed by atoms with Crippen LogP contribution in [0.5, 0.6) is 0 Å². The molecule has 0 radical (unpaired) electrons. The number of para-hydroxylation sites is 1. The average molecular weight is 416 g/mol. The highest BCUT2D eigenvalue weighted by Gasteiger charge is 2.38. The molecule has 152 valence electrons. The molecule has 11 heteroatoms. The van der Waals surface area contributed by atoms with E-state index in [9.17, 15) is 22.8 Å². The largest absolute Gasteiger partial charge is 0.471 e. The fourth-order valence-corrected chi connectivity index (χ4v) is 2.76. The molecule has 2 amide bonds. The summed E-state index contributed by atoms with van der Waals surface area (Å²) >= 11 is 0. The van der Waals surface area contributed by atoms with Crippen molar-refractivity contribution in [2.24, 2.45) is 5.73 Å². The summed E-state index contributed by atoms with van der Waals surface area (Å²) < 4.78 is 47.3. The molecule has 2 aromatic carbocycles. The van der Waals surface area contributed by atoms with E-state index in [1.807, 2.05) is 0 Å². The minimum absolute atomic E-state index is 0.125. The molecule has 0 spiro atoms. The van der Waals surface area contributed by atoms with Crippen molar-refractivity contribution in [1.82, 2.24) is 10.1 Å². The van der Waals surface area contributed by atoms with Crippen molar-refractivity contribution in [2.75, 3.05) is 5.32 Å². The van der Waals surface area contributed by atoms with Crippen LogP contribution in [0.3, 0.4) is 0 Å². The Bertz CT molecular complexity index is 1260. The van der Waals surface area contributed by atoms with E-state index >= 15 is 0 Å². The molecule has 0 atom stereocenters. The van der Waals surface area contributed by atoms with Crippen molar-refractivity contribution in [2.45, 2.75) is 6.18 Å². The molecule has 8 nitrogen and oxygen atoms in total. The number of nitrogens with two attached hydrogens (primary N) is 1. The molecule has 0 aliphatic heterocycles. The van der Waals surface area contributed by atoms with Gasteiger partial charge in [-0.1, -0.05) is 29.4 Å². The number of benzene rings is 2. The number of nitrogens with one attached hydrogen (secondary N) is 1. The van der Waals surface area contributed by atoms with Crippen LogP contribution >= 0.6 is 0 Å². The Hall–Kier alpha value is -4.15. The minimum atomic E-state index is -4.75. The van der Waals surface area contributed by atoms with Gasteiger partial charge < -0.3 is 20.0 Å².